The summed E-state index contributed by atoms with van der Waals surface area (Å²) in [5.41, 5.74) is 3.66. The van der Waals surface area contributed by atoms with Gasteiger partial charge in [0.1, 0.15) is 5.69 Å². The van der Waals surface area contributed by atoms with Gasteiger partial charge in [0, 0.05) is 11.6 Å². The summed E-state index contributed by atoms with van der Waals surface area (Å²) in [5, 5.41) is 3.46. The van der Waals surface area contributed by atoms with Gasteiger partial charge in [-0.1, -0.05) is 23.7 Å². The number of anilines is 1. The summed E-state index contributed by atoms with van der Waals surface area (Å²) in [7, 11) is 0. The molecule has 0 spiro atoms. The molecule has 0 radical (unpaired) electrons. The molecule has 0 unspecified atom stereocenters. The predicted molar refractivity (Wildman–Crippen MR) is 77.3 cm³/mol. The van der Waals surface area contributed by atoms with Crippen molar-refractivity contribution in [2.75, 3.05) is 12.0 Å². The fourth-order valence-corrected chi connectivity index (χ4v) is 1.73. The van der Waals surface area contributed by atoms with Crippen molar-refractivity contribution in [1.29, 1.82) is 0 Å². The molecule has 104 valence electrons. The van der Waals surface area contributed by atoms with E-state index in [1.807, 2.05) is 24.3 Å². The Morgan fingerprint density at radius 3 is 2.70 bits per heavy atom. The Morgan fingerprint density at radius 1 is 1.25 bits per heavy atom. The molecule has 0 saturated carbocycles. The molecule has 1 heterocycles. The maximum Gasteiger partial charge on any atom is 0.271 e. The fourth-order valence-electron chi connectivity index (χ4n) is 1.61. The first-order valence-corrected chi connectivity index (χ1v) is 6.38. The normalized spacial score (nSPS) is 10.1. The standard InChI is InChI=1S/C13H14ClN5O/c14-10-3-1-9(2-4-10)5-6-17-13(20)11-7-16-8-12(18-11)19-15/h1-4,7-8H,5-6,15H2,(H,17,20)(H,18,19). The third-order valence-corrected chi connectivity index (χ3v) is 2.88. The highest BCUT2D eigenvalue weighted by atomic mass is 35.5. The molecule has 0 aliphatic carbocycles. The molecule has 4 N–H and O–H groups in total. The van der Waals surface area contributed by atoms with E-state index in [1.165, 1.54) is 12.4 Å². The first-order valence-electron chi connectivity index (χ1n) is 6.00. The Bertz CT molecular complexity index is 588. The van der Waals surface area contributed by atoms with Crippen molar-refractivity contribution in [1.82, 2.24) is 15.3 Å². The van der Waals surface area contributed by atoms with Crippen molar-refractivity contribution in [2.45, 2.75) is 6.42 Å². The second-order valence-corrected chi connectivity index (χ2v) is 4.50. The van der Waals surface area contributed by atoms with Crippen molar-refractivity contribution in [3.05, 3.63) is 52.9 Å². The lowest BCUT2D eigenvalue weighted by atomic mass is 10.1. The highest BCUT2D eigenvalue weighted by Gasteiger charge is 2.07. The van der Waals surface area contributed by atoms with Crippen LogP contribution in [0.4, 0.5) is 5.82 Å². The molecule has 0 atom stereocenters. The Labute approximate surface area is 121 Å². The van der Waals surface area contributed by atoms with Crippen LogP contribution in [0.25, 0.3) is 0 Å². The van der Waals surface area contributed by atoms with Crippen LogP contribution in [0.1, 0.15) is 16.1 Å². The monoisotopic (exact) mass is 291 g/mol. The van der Waals surface area contributed by atoms with E-state index >= 15 is 0 Å². The molecule has 0 saturated heterocycles. The van der Waals surface area contributed by atoms with E-state index in [2.05, 4.69) is 20.7 Å². The van der Waals surface area contributed by atoms with Crippen LogP contribution < -0.4 is 16.6 Å². The van der Waals surface area contributed by atoms with Gasteiger partial charge in [0.2, 0.25) is 0 Å². The summed E-state index contributed by atoms with van der Waals surface area (Å²) in [6.07, 6.45) is 3.54. The minimum Gasteiger partial charge on any atom is -0.350 e. The molecule has 0 bridgehead atoms. The number of hydrogen-bond acceptors (Lipinski definition) is 5. The Kier molecular flexibility index (Phi) is 4.86. The summed E-state index contributed by atoms with van der Waals surface area (Å²) in [6.45, 7) is 0.502. The van der Waals surface area contributed by atoms with Gasteiger partial charge >= 0.3 is 0 Å². The number of nitrogens with two attached hydrogens (primary N) is 1. The Balaban J connectivity index is 1.87. The molecule has 0 aliphatic heterocycles. The van der Waals surface area contributed by atoms with Crippen LogP contribution in [0, 0.1) is 0 Å². The molecule has 0 aliphatic rings. The second kappa shape index (κ2) is 6.83. The van der Waals surface area contributed by atoms with Crippen LogP contribution in [0.5, 0.6) is 0 Å². The summed E-state index contributed by atoms with van der Waals surface area (Å²) >= 11 is 5.80. The van der Waals surface area contributed by atoms with E-state index in [1.54, 1.807) is 0 Å². The molecule has 1 amide bonds. The molecule has 7 heteroatoms. The van der Waals surface area contributed by atoms with E-state index in [9.17, 15) is 4.79 Å². The highest BCUT2D eigenvalue weighted by Crippen LogP contribution is 2.09. The van der Waals surface area contributed by atoms with Crippen molar-refractivity contribution >= 4 is 23.3 Å². The lowest BCUT2D eigenvalue weighted by molar-refractivity contribution is 0.0949. The maximum atomic E-state index is 11.9. The number of aromatic nitrogens is 2. The number of amides is 1. The van der Waals surface area contributed by atoms with Crippen molar-refractivity contribution in [3.8, 4) is 0 Å². The number of carbonyl (C=O) groups is 1. The zero-order chi connectivity index (χ0) is 14.4. The molecule has 0 fully saturated rings. The molecule has 20 heavy (non-hydrogen) atoms. The number of nitrogens with one attached hydrogen (secondary N) is 2. The average molecular weight is 292 g/mol. The van der Waals surface area contributed by atoms with Crippen LogP contribution in [-0.2, 0) is 6.42 Å². The smallest absolute Gasteiger partial charge is 0.271 e. The van der Waals surface area contributed by atoms with Crippen LogP contribution >= 0.6 is 11.6 Å². The van der Waals surface area contributed by atoms with Gasteiger partial charge < -0.3 is 10.7 Å². The minimum atomic E-state index is -0.288. The van der Waals surface area contributed by atoms with Crippen LogP contribution in [0.2, 0.25) is 5.02 Å². The molecule has 1 aromatic heterocycles. The molecule has 2 rings (SSSR count). The van der Waals surface area contributed by atoms with Gasteiger partial charge in [-0.3, -0.25) is 9.78 Å². The molecule has 1 aromatic carbocycles. The number of hydrogen-bond donors (Lipinski definition) is 3. The van der Waals surface area contributed by atoms with E-state index in [0.717, 1.165) is 5.56 Å². The molecular weight excluding hydrogens is 278 g/mol. The first kappa shape index (κ1) is 14.2. The van der Waals surface area contributed by atoms with Gasteiger partial charge in [0.25, 0.3) is 5.91 Å². The van der Waals surface area contributed by atoms with E-state index < -0.39 is 0 Å². The summed E-state index contributed by atoms with van der Waals surface area (Å²) in [6, 6.07) is 7.49. The number of carbonyl (C=O) groups excluding carboxylic acids is 1. The number of nitrogens with zero attached hydrogens (tertiary/aromatic N) is 2. The first-order chi connectivity index (χ1) is 9.69. The molecule has 6 nitrogen and oxygen atoms in total. The zero-order valence-corrected chi connectivity index (χ0v) is 11.4. The van der Waals surface area contributed by atoms with Gasteiger partial charge in [-0.15, -0.1) is 0 Å². The van der Waals surface area contributed by atoms with Crippen LogP contribution in [0.15, 0.2) is 36.7 Å². The second-order valence-electron chi connectivity index (χ2n) is 4.07. The van der Waals surface area contributed by atoms with Gasteiger partial charge in [0.05, 0.1) is 12.4 Å². The van der Waals surface area contributed by atoms with Crippen molar-refractivity contribution in [2.24, 2.45) is 5.84 Å². The summed E-state index contributed by atoms with van der Waals surface area (Å²) < 4.78 is 0. The highest BCUT2D eigenvalue weighted by molar-refractivity contribution is 6.30. The zero-order valence-electron chi connectivity index (χ0n) is 10.6. The van der Waals surface area contributed by atoms with Crippen molar-refractivity contribution in [3.63, 3.8) is 0 Å². The number of halogens is 1. The topological polar surface area (TPSA) is 92.9 Å². The van der Waals surface area contributed by atoms with Gasteiger partial charge in [-0.05, 0) is 24.1 Å². The summed E-state index contributed by atoms with van der Waals surface area (Å²) in [5.74, 6) is 5.27. The van der Waals surface area contributed by atoms with E-state index in [-0.39, 0.29) is 11.6 Å². The number of benzene rings is 1. The number of nitrogen functional groups attached to an aromatic ring is 1. The van der Waals surface area contributed by atoms with Gasteiger partial charge in [-0.25, -0.2) is 10.8 Å². The molecular formula is C13H14ClN5O. The third kappa shape index (κ3) is 3.91. The predicted octanol–water partition coefficient (Wildman–Crippen LogP) is 1.39. The Morgan fingerprint density at radius 2 is 2.00 bits per heavy atom. The Hall–Kier alpha value is -2.18. The lowest BCUT2D eigenvalue weighted by Gasteiger charge is -2.06. The SMILES string of the molecule is NNc1cncc(C(=O)NCCc2ccc(Cl)cc2)n1. The van der Waals surface area contributed by atoms with Gasteiger partial charge in [0.15, 0.2) is 5.82 Å². The van der Waals surface area contributed by atoms with Crippen molar-refractivity contribution < 1.29 is 4.79 Å². The average Bonchev–Trinajstić information content (AvgIpc) is 2.49. The number of rotatable bonds is 5. The lowest BCUT2D eigenvalue weighted by Crippen LogP contribution is -2.27. The van der Waals surface area contributed by atoms with E-state index in [0.29, 0.717) is 23.8 Å². The molecule has 2 aromatic rings. The van der Waals surface area contributed by atoms with E-state index in [4.69, 9.17) is 17.4 Å². The summed E-state index contributed by atoms with van der Waals surface area (Å²) in [4.78, 5) is 19.7. The minimum absolute atomic E-state index is 0.219. The van der Waals surface area contributed by atoms with Gasteiger partial charge in [-0.2, -0.15) is 0 Å². The quantitative estimate of drug-likeness (QED) is 0.572. The van der Waals surface area contributed by atoms with Crippen LogP contribution in [0.3, 0.4) is 0 Å². The third-order valence-electron chi connectivity index (χ3n) is 2.63. The maximum absolute atomic E-state index is 11.9. The number of hydrazine groups is 1. The van der Waals surface area contributed by atoms with Crippen LogP contribution in [-0.4, -0.2) is 22.4 Å². The largest absolute Gasteiger partial charge is 0.350 e. The fraction of sp³-hybridized carbons (Fsp3) is 0.154.